The van der Waals surface area contributed by atoms with Gasteiger partial charge in [0.05, 0.1) is 0 Å². The molecule has 14 rings (SSSR count). The zero-order valence-electron chi connectivity index (χ0n) is 32.9. The SMILES string of the molecule is CP(=O)([O-])Oc1c2c(c(OP(C)(=O)[O-])c3cc4c(cc13)[C@H]1C[C@@H]4c3cc4c(cc31)[C@H]1C[C@@H]4c3ccccc31)[C@H]1C[C@@H]2c2cc3c(cc21)[C@H]1C[C@@H]3c2ccccc21.[Li+].[Li+]. The van der Waals surface area contributed by atoms with Gasteiger partial charge in [-0.2, -0.15) is 0 Å². The molecule has 58 heavy (non-hydrogen) atoms. The smallest absolute Gasteiger partial charge is 0.769 e. The summed E-state index contributed by atoms with van der Waals surface area (Å²) in [7, 11) is -8.56. The molecule has 8 bridgehead atoms. The Hall–Kier alpha value is -3.25. The molecule has 6 aromatic carbocycles. The van der Waals surface area contributed by atoms with E-state index in [9.17, 15) is 18.9 Å². The van der Waals surface area contributed by atoms with Crippen molar-refractivity contribution in [3.8, 4) is 11.5 Å². The van der Waals surface area contributed by atoms with Crippen molar-refractivity contribution < 1.29 is 65.7 Å². The second-order valence-corrected chi connectivity index (χ2v) is 21.5. The van der Waals surface area contributed by atoms with Gasteiger partial charge in [0.15, 0.2) is 15.2 Å². The van der Waals surface area contributed by atoms with Gasteiger partial charge in [0, 0.05) is 82.6 Å². The standard InChI is InChI=1S/C48H38O6P2.2Li/c1-55(49,50)53-47-43-18-37-35-15-36(34-14-30-26-11-25(29(30)13-33(34)35)21-7-3-4-8-22(21)26)38(37)19-44(43)48(54-56(2,51)52)46-42-20-41(45(46)47)39-16-31-27-12-28(32(31)17-40(39)42)24-10-6-5-9-23(24)27;;/h3-10,13-14,16-19,25-28,35-36,41-42H,11-12,15,20H2,1-2H3,(H,49,50)(H,51,52);;/q;2*+1/p-2/t25-,26+,27+,28-,35-,36+,41+,42-;;. The van der Waals surface area contributed by atoms with Crippen LogP contribution in [0, 0.1) is 0 Å². The third-order valence-electron chi connectivity index (χ3n) is 15.4. The fourth-order valence-corrected chi connectivity index (χ4v) is 14.7. The predicted octanol–water partition coefficient (Wildman–Crippen LogP) is 3.90. The molecule has 0 saturated carbocycles. The Morgan fingerprint density at radius 1 is 0.414 bits per heavy atom. The first-order valence-corrected chi connectivity index (χ1v) is 24.1. The van der Waals surface area contributed by atoms with Gasteiger partial charge < -0.3 is 18.8 Å². The second kappa shape index (κ2) is 11.8. The van der Waals surface area contributed by atoms with Crippen LogP contribution in [0.2, 0.25) is 0 Å². The van der Waals surface area contributed by atoms with Gasteiger partial charge in [-0.1, -0.05) is 72.8 Å². The molecular formula is C48H36Li2O6P2. The Kier molecular flexibility index (Phi) is 7.42. The van der Waals surface area contributed by atoms with Gasteiger partial charge in [0.2, 0.25) is 0 Å². The summed E-state index contributed by atoms with van der Waals surface area (Å²) >= 11 is 0. The van der Waals surface area contributed by atoms with E-state index in [2.05, 4.69) is 84.9 Å². The summed E-state index contributed by atoms with van der Waals surface area (Å²) in [5.74, 6) is 2.37. The van der Waals surface area contributed by atoms with Crippen molar-refractivity contribution in [3.05, 3.63) is 174 Å². The quantitative estimate of drug-likeness (QED) is 0.199. The van der Waals surface area contributed by atoms with Gasteiger partial charge in [-0.15, -0.1) is 0 Å². The Bertz CT molecular complexity index is 2830. The van der Waals surface area contributed by atoms with E-state index in [0.717, 1.165) is 50.1 Å². The molecule has 10 atom stereocenters. The van der Waals surface area contributed by atoms with Gasteiger partial charge in [0.25, 0.3) is 0 Å². The molecule has 0 heterocycles. The first-order valence-electron chi connectivity index (χ1n) is 20.2. The first-order chi connectivity index (χ1) is 27.0. The third kappa shape index (κ3) is 4.52. The molecule has 8 aliphatic carbocycles. The average molecular weight is 785 g/mol. The van der Waals surface area contributed by atoms with Crippen LogP contribution in [-0.2, 0) is 9.13 Å². The van der Waals surface area contributed by atoms with Crippen LogP contribution in [-0.4, -0.2) is 13.3 Å². The van der Waals surface area contributed by atoms with E-state index in [1.54, 1.807) is 0 Å². The van der Waals surface area contributed by atoms with Crippen molar-refractivity contribution in [3.63, 3.8) is 0 Å². The zero-order valence-corrected chi connectivity index (χ0v) is 34.7. The van der Waals surface area contributed by atoms with Gasteiger partial charge >= 0.3 is 37.7 Å². The van der Waals surface area contributed by atoms with E-state index in [0.29, 0.717) is 45.9 Å². The van der Waals surface area contributed by atoms with Crippen molar-refractivity contribution in [2.24, 2.45) is 0 Å². The molecule has 276 valence electrons. The molecule has 6 nitrogen and oxygen atoms in total. The molecular weight excluding hydrogens is 748 g/mol. The third-order valence-corrected chi connectivity index (χ3v) is 16.4. The maximum absolute atomic E-state index is 13.2. The average Bonchev–Trinajstić information content (AvgIpc) is 4.04. The van der Waals surface area contributed by atoms with Crippen LogP contribution in [0.3, 0.4) is 0 Å². The Morgan fingerprint density at radius 3 is 0.948 bits per heavy atom. The number of hydrogen-bond acceptors (Lipinski definition) is 6. The molecule has 0 fully saturated rings. The molecule has 0 aliphatic heterocycles. The molecule has 0 saturated heterocycles. The van der Waals surface area contributed by atoms with Gasteiger partial charge in [-0.25, -0.2) is 0 Å². The molecule has 10 heteroatoms. The van der Waals surface area contributed by atoms with Crippen LogP contribution >= 0.6 is 15.2 Å². The van der Waals surface area contributed by atoms with E-state index in [1.807, 2.05) is 0 Å². The molecule has 0 N–H and O–H groups in total. The van der Waals surface area contributed by atoms with Crippen LogP contribution in [0.25, 0.3) is 10.8 Å². The molecule has 8 aliphatic rings. The van der Waals surface area contributed by atoms with Crippen LogP contribution in [0.15, 0.2) is 84.9 Å². The largest absolute Gasteiger partial charge is 1.00 e. The fraction of sp³-hybridized carbons (Fsp3) is 0.292. The molecule has 6 aromatic rings. The number of fused-ring (bicyclic) bond motifs is 33. The van der Waals surface area contributed by atoms with E-state index in [-0.39, 0.29) is 61.4 Å². The minimum absolute atomic E-state index is 0. The summed E-state index contributed by atoms with van der Waals surface area (Å²) in [5.41, 5.74) is 20.5. The maximum atomic E-state index is 13.2. The van der Waals surface area contributed by atoms with Gasteiger partial charge in [-0.3, -0.25) is 9.13 Å². The summed E-state index contributed by atoms with van der Waals surface area (Å²) in [4.78, 5) is 26.5. The van der Waals surface area contributed by atoms with Crippen LogP contribution in [0.4, 0.5) is 0 Å². The summed E-state index contributed by atoms with van der Waals surface area (Å²) in [6.45, 7) is 2.27. The monoisotopic (exact) mass is 784 g/mol. The molecule has 0 aromatic heterocycles. The van der Waals surface area contributed by atoms with E-state index < -0.39 is 15.2 Å². The molecule has 0 amide bonds. The maximum Gasteiger partial charge on any atom is 1.00 e. The van der Waals surface area contributed by atoms with Crippen molar-refractivity contribution >= 4 is 26.0 Å². The van der Waals surface area contributed by atoms with Crippen LogP contribution < -0.4 is 56.6 Å². The molecule has 0 spiro atoms. The topological polar surface area (TPSA) is 98.7 Å². The van der Waals surface area contributed by atoms with Crippen molar-refractivity contribution in [2.75, 3.05) is 13.3 Å². The minimum Gasteiger partial charge on any atom is -0.769 e. The molecule has 2 unspecified atom stereocenters. The molecule has 0 radical (unpaired) electrons. The summed E-state index contributed by atoms with van der Waals surface area (Å²) in [6.07, 6.45) is 3.89. The fourth-order valence-electron chi connectivity index (χ4n) is 13.7. The minimum atomic E-state index is -4.28. The van der Waals surface area contributed by atoms with E-state index in [4.69, 9.17) is 9.05 Å². The van der Waals surface area contributed by atoms with Crippen molar-refractivity contribution in [1.82, 2.24) is 0 Å². The summed E-state index contributed by atoms with van der Waals surface area (Å²) < 4.78 is 38.7. The Balaban J connectivity index is 0.00000183. The normalized spacial score (nSPS) is 28.6. The van der Waals surface area contributed by atoms with E-state index >= 15 is 0 Å². The number of benzene rings is 6. The Labute approximate surface area is 361 Å². The predicted molar refractivity (Wildman–Crippen MR) is 211 cm³/mol. The van der Waals surface area contributed by atoms with Crippen LogP contribution in [0.1, 0.15) is 162 Å². The van der Waals surface area contributed by atoms with Crippen LogP contribution in [0.5, 0.6) is 11.5 Å². The van der Waals surface area contributed by atoms with Gasteiger partial charge in [-0.05, 0) is 116 Å². The second-order valence-electron chi connectivity index (χ2n) is 18.1. The van der Waals surface area contributed by atoms with Gasteiger partial charge in [0.1, 0.15) is 11.5 Å². The first kappa shape index (κ1) is 36.6. The Morgan fingerprint density at radius 2 is 0.655 bits per heavy atom. The summed E-state index contributed by atoms with van der Waals surface area (Å²) in [5, 5.41) is 1.24. The number of rotatable bonds is 4. The van der Waals surface area contributed by atoms with Crippen molar-refractivity contribution in [2.45, 2.75) is 73.0 Å². The van der Waals surface area contributed by atoms with E-state index in [1.165, 1.54) is 77.9 Å². The van der Waals surface area contributed by atoms with Crippen molar-refractivity contribution in [1.29, 1.82) is 0 Å². The zero-order chi connectivity index (χ0) is 37.3. The number of hydrogen-bond donors (Lipinski definition) is 0. The summed E-state index contributed by atoms with van der Waals surface area (Å²) in [6, 6.07) is 31.7.